The molecule has 7 nitrogen and oxygen atoms in total. The van der Waals surface area contributed by atoms with E-state index < -0.39 is 16.8 Å². The topological polar surface area (TPSA) is 98.5 Å². The summed E-state index contributed by atoms with van der Waals surface area (Å²) in [7, 11) is 0. The van der Waals surface area contributed by atoms with Gasteiger partial charge in [0.15, 0.2) is 0 Å². The van der Waals surface area contributed by atoms with Crippen LogP contribution in [0.2, 0.25) is 0 Å². The number of unbranched alkanes of at least 4 members (excludes halogenated alkanes) is 5. The highest BCUT2D eigenvalue weighted by Gasteiger charge is 2.51. The summed E-state index contributed by atoms with van der Waals surface area (Å²) in [5, 5.41) is 14.1. The molecule has 1 N–H and O–H groups in total. The Labute approximate surface area is 196 Å². The van der Waals surface area contributed by atoms with Gasteiger partial charge in [0.05, 0.1) is 16.8 Å². The molecule has 0 aromatic heterocycles. The van der Waals surface area contributed by atoms with Gasteiger partial charge in [-0.2, -0.15) is 0 Å². The predicted molar refractivity (Wildman–Crippen MR) is 128 cm³/mol. The molecule has 1 aliphatic heterocycles. The third-order valence-electron chi connectivity index (χ3n) is 6.87. The number of nitro groups is 1. The number of fused-ring (bicyclic) bond motifs is 1. The molecule has 180 valence electrons. The van der Waals surface area contributed by atoms with Crippen molar-refractivity contribution in [1.82, 2.24) is 0 Å². The van der Waals surface area contributed by atoms with Crippen LogP contribution in [0.15, 0.2) is 35.9 Å². The minimum absolute atomic E-state index is 0.106. The number of nitrogens with one attached hydrogen (secondary N) is 1. The van der Waals surface area contributed by atoms with E-state index in [1.807, 2.05) is 0 Å². The average Bonchev–Trinajstić information content (AvgIpc) is 3.12. The van der Waals surface area contributed by atoms with Crippen LogP contribution in [0.25, 0.3) is 0 Å². The van der Waals surface area contributed by atoms with Crippen molar-refractivity contribution < 1.29 is 19.2 Å². The van der Waals surface area contributed by atoms with Gasteiger partial charge in [-0.25, -0.2) is 0 Å². The molecule has 0 radical (unpaired) electrons. The summed E-state index contributed by atoms with van der Waals surface area (Å²) in [6.45, 7) is 4.32. The van der Waals surface area contributed by atoms with E-state index in [0.717, 1.165) is 51.4 Å². The standard InChI is InChI=1S/C26H36N2O5/c1-3-5-7-9-12-18-16-19-23(15-8-6-4-2)33-26(30)24(19)20(17-18)25(29)27-21-13-10-11-14-22(21)28(31)32/h10-11,13-14,16,19-20,23-24H,3-9,12,15,17H2,1-2H3,(H,27,29)/t19-,20-,23-,24+/m1/s1. The van der Waals surface area contributed by atoms with Gasteiger partial charge in [0.25, 0.3) is 5.69 Å². The van der Waals surface area contributed by atoms with Crippen LogP contribution in [-0.4, -0.2) is 22.9 Å². The molecule has 1 aliphatic carbocycles. The number of esters is 1. The van der Waals surface area contributed by atoms with Crippen molar-refractivity contribution in [2.24, 2.45) is 17.8 Å². The number of anilines is 1. The van der Waals surface area contributed by atoms with Crippen LogP contribution in [0.5, 0.6) is 0 Å². The number of carbonyl (C=O) groups is 2. The first kappa shape index (κ1) is 24.9. The Balaban J connectivity index is 1.81. The second kappa shape index (κ2) is 12.0. The Bertz CT molecular complexity index is 881. The Kier molecular flexibility index (Phi) is 9.03. The van der Waals surface area contributed by atoms with Gasteiger partial charge in [-0.05, 0) is 38.2 Å². The summed E-state index contributed by atoms with van der Waals surface area (Å²) in [6.07, 6.45) is 11.9. The first-order valence-corrected chi connectivity index (χ1v) is 12.4. The molecule has 1 fully saturated rings. The van der Waals surface area contributed by atoms with Gasteiger partial charge in [0, 0.05) is 12.0 Å². The first-order valence-electron chi connectivity index (χ1n) is 12.4. The molecule has 1 aromatic carbocycles. The normalized spacial score (nSPS) is 24.1. The maximum Gasteiger partial charge on any atom is 0.310 e. The number of hydrogen-bond acceptors (Lipinski definition) is 5. The van der Waals surface area contributed by atoms with Gasteiger partial charge in [0.1, 0.15) is 11.8 Å². The van der Waals surface area contributed by atoms with Crippen molar-refractivity contribution in [2.75, 3.05) is 5.32 Å². The van der Waals surface area contributed by atoms with Gasteiger partial charge >= 0.3 is 5.97 Å². The zero-order valence-electron chi connectivity index (χ0n) is 19.8. The molecule has 0 unspecified atom stereocenters. The van der Waals surface area contributed by atoms with E-state index in [2.05, 4.69) is 25.2 Å². The fourth-order valence-corrected chi connectivity index (χ4v) is 5.12. The van der Waals surface area contributed by atoms with Crippen molar-refractivity contribution in [1.29, 1.82) is 0 Å². The van der Waals surface area contributed by atoms with Crippen LogP contribution in [0.1, 0.15) is 78.1 Å². The zero-order chi connectivity index (χ0) is 23.8. The first-order chi connectivity index (χ1) is 16.0. The number of benzene rings is 1. The molecule has 0 saturated carbocycles. The average molecular weight is 457 g/mol. The van der Waals surface area contributed by atoms with Crippen molar-refractivity contribution in [2.45, 2.75) is 84.2 Å². The molecular formula is C26H36N2O5. The van der Waals surface area contributed by atoms with Crippen molar-refractivity contribution in [3.05, 3.63) is 46.0 Å². The molecule has 2 aliphatic rings. The van der Waals surface area contributed by atoms with Gasteiger partial charge < -0.3 is 10.1 Å². The highest BCUT2D eigenvalue weighted by atomic mass is 16.6. The number of cyclic esters (lactones) is 1. The van der Waals surface area contributed by atoms with E-state index in [-0.39, 0.29) is 35.3 Å². The number of carbonyl (C=O) groups excluding carboxylic acids is 2. The van der Waals surface area contributed by atoms with Crippen LogP contribution >= 0.6 is 0 Å². The Hall–Kier alpha value is -2.70. The molecule has 7 heteroatoms. The quantitative estimate of drug-likeness (QED) is 0.133. The second-order valence-electron chi connectivity index (χ2n) is 9.28. The molecule has 3 rings (SSSR count). The minimum atomic E-state index is -0.579. The van der Waals surface area contributed by atoms with Crippen LogP contribution in [0, 0.1) is 27.9 Å². The van der Waals surface area contributed by atoms with Gasteiger partial charge in [0.2, 0.25) is 5.91 Å². The van der Waals surface area contributed by atoms with E-state index in [0.29, 0.717) is 6.42 Å². The van der Waals surface area contributed by atoms with E-state index in [9.17, 15) is 19.7 Å². The lowest BCUT2D eigenvalue weighted by Crippen LogP contribution is -2.38. The number of nitro benzene ring substituents is 1. The number of ether oxygens (including phenoxy) is 1. The van der Waals surface area contributed by atoms with Gasteiger partial charge in [-0.3, -0.25) is 19.7 Å². The number of nitrogens with zero attached hydrogens (tertiary/aromatic N) is 1. The van der Waals surface area contributed by atoms with Crippen LogP contribution in [-0.2, 0) is 14.3 Å². The lowest BCUT2D eigenvalue weighted by atomic mass is 9.70. The van der Waals surface area contributed by atoms with Crippen molar-refractivity contribution in [3.8, 4) is 0 Å². The zero-order valence-corrected chi connectivity index (χ0v) is 19.8. The molecule has 33 heavy (non-hydrogen) atoms. The maximum absolute atomic E-state index is 13.4. The third-order valence-corrected chi connectivity index (χ3v) is 6.87. The summed E-state index contributed by atoms with van der Waals surface area (Å²) in [5.74, 6) is -1.87. The Morgan fingerprint density at radius 3 is 2.58 bits per heavy atom. The van der Waals surface area contributed by atoms with Crippen molar-refractivity contribution >= 4 is 23.3 Å². The number of amides is 1. The number of allylic oxidation sites excluding steroid dienone is 1. The van der Waals surface area contributed by atoms with Gasteiger partial charge in [-0.15, -0.1) is 0 Å². The third kappa shape index (κ3) is 6.21. The second-order valence-corrected chi connectivity index (χ2v) is 9.28. The summed E-state index contributed by atoms with van der Waals surface area (Å²) in [5.41, 5.74) is 1.21. The minimum Gasteiger partial charge on any atom is -0.461 e. The maximum atomic E-state index is 13.4. The fourth-order valence-electron chi connectivity index (χ4n) is 5.12. The molecule has 1 heterocycles. The summed E-state index contributed by atoms with van der Waals surface area (Å²) < 4.78 is 5.77. The largest absolute Gasteiger partial charge is 0.461 e. The van der Waals surface area contributed by atoms with Crippen molar-refractivity contribution in [3.63, 3.8) is 0 Å². The summed E-state index contributed by atoms with van der Waals surface area (Å²) in [6, 6.07) is 6.11. The number of rotatable bonds is 12. The molecule has 0 bridgehead atoms. The monoisotopic (exact) mass is 456 g/mol. The molecule has 1 amide bonds. The van der Waals surface area contributed by atoms with E-state index in [4.69, 9.17) is 4.74 Å². The summed E-state index contributed by atoms with van der Waals surface area (Å²) in [4.78, 5) is 37.1. The Morgan fingerprint density at radius 1 is 1.12 bits per heavy atom. The predicted octanol–water partition coefficient (Wildman–Crippen LogP) is 6.19. The Morgan fingerprint density at radius 2 is 1.85 bits per heavy atom. The molecule has 1 saturated heterocycles. The lowest BCUT2D eigenvalue weighted by molar-refractivity contribution is -0.383. The number of para-hydroxylation sites is 2. The van der Waals surface area contributed by atoms with E-state index in [1.54, 1.807) is 12.1 Å². The molecule has 4 atom stereocenters. The molecule has 1 aromatic rings. The molecule has 0 spiro atoms. The lowest BCUT2D eigenvalue weighted by Gasteiger charge is -2.31. The fraction of sp³-hybridized carbons (Fsp3) is 0.615. The smallest absolute Gasteiger partial charge is 0.310 e. The highest BCUT2D eigenvalue weighted by Crippen LogP contribution is 2.45. The number of hydrogen-bond donors (Lipinski definition) is 1. The highest BCUT2D eigenvalue weighted by molar-refractivity contribution is 5.97. The SMILES string of the molecule is CCCCCCC1=C[C@H]2[C@H](C(=O)O[C@@H]2CCCCC)[C@H](C(=O)Nc2ccccc2[N+](=O)[O-])C1. The summed E-state index contributed by atoms with van der Waals surface area (Å²) >= 11 is 0. The van der Waals surface area contributed by atoms with Crippen LogP contribution in [0.3, 0.4) is 0 Å². The van der Waals surface area contributed by atoms with Gasteiger partial charge in [-0.1, -0.05) is 69.7 Å². The van der Waals surface area contributed by atoms with E-state index >= 15 is 0 Å². The molecular weight excluding hydrogens is 420 g/mol. The van der Waals surface area contributed by atoms with E-state index in [1.165, 1.54) is 24.1 Å². The van der Waals surface area contributed by atoms with Crippen LogP contribution in [0.4, 0.5) is 11.4 Å². The van der Waals surface area contributed by atoms with Crippen LogP contribution < -0.4 is 5.32 Å².